The zero-order valence-corrected chi connectivity index (χ0v) is 9.22. The number of rotatable bonds is 4. The SMILES string of the molecule is O=C(O)CCC1COC(=O)N1C1CCCC1. The minimum Gasteiger partial charge on any atom is -0.481 e. The fourth-order valence-electron chi connectivity index (χ4n) is 2.61. The molecule has 0 spiro atoms. The summed E-state index contributed by atoms with van der Waals surface area (Å²) in [7, 11) is 0. The van der Waals surface area contributed by atoms with Gasteiger partial charge in [-0.3, -0.25) is 9.69 Å². The summed E-state index contributed by atoms with van der Waals surface area (Å²) in [6, 6.07) is 0.237. The van der Waals surface area contributed by atoms with Crippen LogP contribution < -0.4 is 0 Å². The standard InChI is InChI=1S/C11H17NO4/c13-10(14)6-5-9-7-16-11(15)12(9)8-3-1-2-4-8/h8-9H,1-7H2,(H,13,14). The molecule has 5 heteroatoms. The number of cyclic esters (lactones) is 1. The highest BCUT2D eigenvalue weighted by Gasteiger charge is 2.38. The van der Waals surface area contributed by atoms with Crippen LogP contribution in [0.5, 0.6) is 0 Å². The minimum absolute atomic E-state index is 0.0355. The van der Waals surface area contributed by atoms with Gasteiger partial charge in [-0.1, -0.05) is 12.8 Å². The molecule has 0 bridgehead atoms. The van der Waals surface area contributed by atoms with E-state index in [4.69, 9.17) is 9.84 Å². The fraction of sp³-hybridized carbons (Fsp3) is 0.818. The molecule has 90 valence electrons. The molecule has 1 saturated carbocycles. The Hall–Kier alpha value is -1.26. The van der Waals surface area contributed by atoms with Gasteiger partial charge in [0.1, 0.15) is 6.61 Å². The summed E-state index contributed by atoms with van der Waals surface area (Å²) in [5.41, 5.74) is 0. The van der Waals surface area contributed by atoms with E-state index in [1.54, 1.807) is 4.90 Å². The smallest absolute Gasteiger partial charge is 0.410 e. The van der Waals surface area contributed by atoms with Crippen LogP contribution in [0.25, 0.3) is 0 Å². The third-order valence-electron chi connectivity index (χ3n) is 3.41. The number of amides is 1. The van der Waals surface area contributed by atoms with Crippen molar-refractivity contribution in [2.24, 2.45) is 0 Å². The number of ether oxygens (including phenoxy) is 1. The first-order chi connectivity index (χ1) is 7.68. The van der Waals surface area contributed by atoms with Crippen LogP contribution in [0.3, 0.4) is 0 Å². The van der Waals surface area contributed by atoms with Crippen LogP contribution in [0.2, 0.25) is 0 Å². The maximum atomic E-state index is 11.6. The second kappa shape index (κ2) is 4.72. The van der Waals surface area contributed by atoms with Gasteiger partial charge in [-0.2, -0.15) is 0 Å². The maximum absolute atomic E-state index is 11.6. The first-order valence-electron chi connectivity index (χ1n) is 5.85. The van der Waals surface area contributed by atoms with Crippen LogP contribution in [0, 0.1) is 0 Å². The lowest BCUT2D eigenvalue weighted by Gasteiger charge is -2.27. The largest absolute Gasteiger partial charge is 0.481 e. The summed E-state index contributed by atoms with van der Waals surface area (Å²) >= 11 is 0. The van der Waals surface area contributed by atoms with Gasteiger partial charge >= 0.3 is 12.1 Å². The van der Waals surface area contributed by atoms with E-state index >= 15 is 0 Å². The van der Waals surface area contributed by atoms with E-state index in [0.717, 1.165) is 25.7 Å². The summed E-state index contributed by atoms with van der Waals surface area (Å²) < 4.78 is 5.02. The van der Waals surface area contributed by atoms with Gasteiger partial charge in [0.15, 0.2) is 0 Å². The summed E-state index contributed by atoms with van der Waals surface area (Å²) in [5.74, 6) is -0.814. The Morgan fingerprint density at radius 2 is 2.12 bits per heavy atom. The molecular formula is C11H17NO4. The average Bonchev–Trinajstić information content (AvgIpc) is 2.83. The number of nitrogens with zero attached hydrogens (tertiary/aromatic N) is 1. The lowest BCUT2D eigenvalue weighted by atomic mass is 10.1. The topological polar surface area (TPSA) is 66.8 Å². The lowest BCUT2D eigenvalue weighted by molar-refractivity contribution is -0.137. The number of carboxylic acid groups (broad SMARTS) is 1. The van der Waals surface area contributed by atoms with Gasteiger partial charge < -0.3 is 9.84 Å². The van der Waals surface area contributed by atoms with E-state index in [9.17, 15) is 9.59 Å². The van der Waals surface area contributed by atoms with Crippen LogP contribution in [0.15, 0.2) is 0 Å². The molecule has 1 aliphatic carbocycles. The van der Waals surface area contributed by atoms with Crippen LogP contribution in [0.4, 0.5) is 4.79 Å². The molecule has 0 radical (unpaired) electrons. The molecule has 1 aliphatic heterocycles. The van der Waals surface area contributed by atoms with Crippen molar-refractivity contribution < 1.29 is 19.4 Å². The molecule has 2 aliphatic rings. The Labute approximate surface area is 94.4 Å². The van der Waals surface area contributed by atoms with Crippen LogP contribution in [-0.2, 0) is 9.53 Å². The highest BCUT2D eigenvalue weighted by Crippen LogP contribution is 2.29. The first kappa shape index (κ1) is 11.2. The number of hydrogen-bond donors (Lipinski definition) is 1. The van der Waals surface area contributed by atoms with Crippen molar-refractivity contribution in [3.63, 3.8) is 0 Å². The Morgan fingerprint density at radius 1 is 1.44 bits per heavy atom. The van der Waals surface area contributed by atoms with Gasteiger partial charge in [0.25, 0.3) is 0 Å². The molecule has 1 amide bonds. The highest BCUT2D eigenvalue weighted by molar-refractivity contribution is 5.71. The summed E-state index contributed by atoms with van der Waals surface area (Å²) in [6.45, 7) is 0.350. The maximum Gasteiger partial charge on any atom is 0.410 e. The van der Waals surface area contributed by atoms with Gasteiger partial charge in [-0.05, 0) is 19.3 Å². The molecule has 2 rings (SSSR count). The zero-order valence-electron chi connectivity index (χ0n) is 9.22. The second-order valence-electron chi connectivity index (χ2n) is 4.51. The summed E-state index contributed by atoms with van der Waals surface area (Å²) in [6.07, 6.45) is 4.70. The van der Waals surface area contributed by atoms with Crippen LogP contribution in [0.1, 0.15) is 38.5 Å². The number of carbonyl (C=O) groups is 2. The van der Waals surface area contributed by atoms with Crippen molar-refractivity contribution >= 4 is 12.1 Å². The Kier molecular flexibility index (Phi) is 3.31. The molecule has 1 heterocycles. The molecular weight excluding hydrogens is 210 g/mol. The predicted molar refractivity (Wildman–Crippen MR) is 56.1 cm³/mol. The van der Waals surface area contributed by atoms with E-state index in [1.807, 2.05) is 0 Å². The van der Waals surface area contributed by atoms with Crippen LogP contribution in [-0.4, -0.2) is 40.8 Å². The molecule has 2 fully saturated rings. The first-order valence-corrected chi connectivity index (χ1v) is 5.85. The zero-order chi connectivity index (χ0) is 11.5. The van der Waals surface area contributed by atoms with E-state index in [0.29, 0.717) is 13.0 Å². The molecule has 1 unspecified atom stereocenters. The third kappa shape index (κ3) is 2.28. The third-order valence-corrected chi connectivity index (χ3v) is 3.41. The van der Waals surface area contributed by atoms with E-state index < -0.39 is 5.97 Å². The molecule has 0 aromatic heterocycles. The van der Waals surface area contributed by atoms with Gasteiger partial charge in [-0.25, -0.2) is 4.79 Å². The van der Waals surface area contributed by atoms with Gasteiger partial charge in [-0.15, -0.1) is 0 Å². The molecule has 1 N–H and O–H groups in total. The van der Waals surface area contributed by atoms with Crippen molar-refractivity contribution in [1.29, 1.82) is 0 Å². The lowest BCUT2D eigenvalue weighted by Crippen LogP contribution is -2.41. The number of hydrogen-bond acceptors (Lipinski definition) is 3. The normalized spacial score (nSPS) is 26.1. The highest BCUT2D eigenvalue weighted by atomic mass is 16.6. The summed E-state index contributed by atoms with van der Waals surface area (Å²) in [5, 5.41) is 8.65. The van der Waals surface area contributed by atoms with Gasteiger partial charge in [0, 0.05) is 12.5 Å². The minimum atomic E-state index is -0.814. The van der Waals surface area contributed by atoms with E-state index in [-0.39, 0.29) is 24.6 Å². The van der Waals surface area contributed by atoms with Crippen molar-refractivity contribution in [2.45, 2.75) is 50.6 Å². The summed E-state index contributed by atoms with van der Waals surface area (Å²) in [4.78, 5) is 23.9. The average molecular weight is 227 g/mol. The quantitative estimate of drug-likeness (QED) is 0.792. The van der Waals surface area contributed by atoms with Crippen LogP contribution >= 0.6 is 0 Å². The van der Waals surface area contributed by atoms with Gasteiger partial charge in [0.2, 0.25) is 0 Å². The molecule has 1 saturated heterocycles. The second-order valence-corrected chi connectivity index (χ2v) is 4.51. The van der Waals surface area contributed by atoms with Crippen molar-refractivity contribution in [3.8, 4) is 0 Å². The van der Waals surface area contributed by atoms with Crippen molar-refractivity contribution in [3.05, 3.63) is 0 Å². The Morgan fingerprint density at radius 3 is 2.75 bits per heavy atom. The Bertz CT molecular complexity index is 286. The molecule has 1 atom stereocenters. The molecule has 16 heavy (non-hydrogen) atoms. The van der Waals surface area contributed by atoms with Gasteiger partial charge in [0.05, 0.1) is 6.04 Å². The monoisotopic (exact) mass is 227 g/mol. The fourth-order valence-corrected chi connectivity index (χ4v) is 2.61. The van der Waals surface area contributed by atoms with E-state index in [2.05, 4.69) is 0 Å². The molecule has 5 nitrogen and oxygen atoms in total. The Balaban J connectivity index is 1.95. The number of aliphatic carboxylic acids is 1. The molecule has 0 aromatic carbocycles. The number of carbonyl (C=O) groups excluding carboxylic acids is 1. The van der Waals surface area contributed by atoms with E-state index in [1.165, 1.54) is 0 Å². The van der Waals surface area contributed by atoms with Crippen molar-refractivity contribution in [1.82, 2.24) is 4.90 Å². The van der Waals surface area contributed by atoms with Crippen molar-refractivity contribution in [2.75, 3.05) is 6.61 Å². The molecule has 0 aromatic rings. The predicted octanol–water partition coefficient (Wildman–Crippen LogP) is 1.61. The number of carboxylic acids is 1.